The van der Waals surface area contributed by atoms with Gasteiger partial charge in [-0.25, -0.2) is 4.79 Å². The lowest BCUT2D eigenvalue weighted by Crippen LogP contribution is -2.51. The average Bonchev–Trinajstić information content (AvgIpc) is 3.31. The average molecular weight is 1040 g/mol. The Bertz CT molecular complexity index is 1780. The number of nitrogens with one attached hydrogen (secondary N) is 4. The van der Waals surface area contributed by atoms with Gasteiger partial charge >= 0.3 is 23.9 Å². The number of amides is 4. The van der Waals surface area contributed by atoms with Crippen molar-refractivity contribution >= 4 is 47.5 Å². The number of carboxylic acids is 4. The van der Waals surface area contributed by atoms with Crippen LogP contribution in [0.15, 0.2) is 24.3 Å². The molecule has 2 atom stereocenters. The summed E-state index contributed by atoms with van der Waals surface area (Å²) in [5, 5.41) is 49.5. The quantitative estimate of drug-likeness (QED) is 0.0358. The van der Waals surface area contributed by atoms with E-state index in [4.69, 9.17) is 19.9 Å². The van der Waals surface area contributed by atoms with Gasteiger partial charge in [0.25, 0.3) is 0 Å². The highest BCUT2D eigenvalue weighted by atomic mass is 16.5. The number of hydrogen-bond acceptors (Lipinski definition) is 16. The predicted octanol–water partition coefficient (Wildman–Crippen LogP) is -1.07. The van der Waals surface area contributed by atoms with Gasteiger partial charge in [-0.3, -0.25) is 53.2 Å². The first-order chi connectivity index (χ1) is 34.9. The summed E-state index contributed by atoms with van der Waals surface area (Å²) in [4.78, 5) is 106. The topological polar surface area (TPSA) is 332 Å². The van der Waals surface area contributed by atoms with Crippen LogP contribution in [-0.2, 0) is 65.4 Å². The van der Waals surface area contributed by atoms with Gasteiger partial charge in [0.1, 0.15) is 12.1 Å². The van der Waals surface area contributed by atoms with Gasteiger partial charge in [-0.15, -0.1) is 0 Å². The first kappa shape index (κ1) is 63.8. The molecule has 10 N–H and O–H groups in total. The number of unbranched alkanes of at least 4 members (excludes halogenated alkanes) is 2. The first-order valence-corrected chi connectivity index (χ1v) is 25.4. The molecule has 73 heavy (non-hydrogen) atoms. The van der Waals surface area contributed by atoms with Crippen molar-refractivity contribution in [3.05, 3.63) is 35.4 Å². The van der Waals surface area contributed by atoms with Crippen LogP contribution in [0.1, 0.15) is 69.9 Å². The minimum Gasteiger partial charge on any atom is -0.480 e. The second-order valence-electron chi connectivity index (χ2n) is 18.5. The second kappa shape index (κ2) is 38.3. The SMILES string of the molecule is CC(C)Cc1ccc(CC(=O)NCCCCC(NC(=O)C(CCCCNC(=O)CN2CCN(CC(=O)O)CCN(CC(=O)O)CCN(CC(=O)O)CC2)NC(=O)CCOCCOCCOCCN)C(=O)O)cc1. The summed E-state index contributed by atoms with van der Waals surface area (Å²) in [5.74, 6) is -5.61. The van der Waals surface area contributed by atoms with Crippen LogP contribution in [-0.4, -0.2) is 237 Å². The molecule has 0 aromatic heterocycles. The summed E-state index contributed by atoms with van der Waals surface area (Å²) in [6.07, 6.45) is 2.85. The van der Waals surface area contributed by atoms with Gasteiger partial charge in [0.2, 0.25) is 23.6 Å². The molecule has 1 fully saturated rings. The molecule has 414 valence electrons. The highest BCUT2D eigenvalue weighted by Crippen LogP contribution is 2.11. The standard InChI is InChI=1S/C49H83N9O15/c1-37(2)31-38-9-11-39(12-10-38)32-43(60)51-15-6-4-8-41(49(69)70)54-48(68)40(53-42(59)13-25-71-27-29-73-30-28-72-26-14-50)7-3-5-16-52-44(61)33-55-17-19-56(34-45(62)63)21-23-58(36-47(66)67)24-22-57(20-18-55)35-46(64)65/h9-12,37,40-41H,3-8,13-36,50H2,1-2H3,(H,51,60)(H,52,61)(H,53,59)(H,54,68)(H,62,63)(H,64,65)(H,66,67)(H,69,70). The van der Waals surface area contributed by atoms with Crippen molar-refractivity contribution < 1.29 is 73.0 Å². The van der Waals surface area contributed by atoms with Crippen LogP contribution in [0.25, 0.3) is 0 Å². The second-order valence-corrected chi connectivity index (χ2v) is 18.5. The van der Waals surface area contributed by atoms with Crippen LogP contribution in [0.4, 0.5) is 0 Å². The van der Waals surface area contributed by atoms with Gasteiger partial charge in [-0.05, 0) is 62.0 Å². The Morgan fingerprint density at radius 3 is 1.41 bits per heavy atom. The van der Waals surface area contributed by atoms with Crippen molar-refractivity contribution in [3.63, 3.8) is 0 Å². The molecule has 24 nitrogen and oxygen atoms in total. The summed E-state index contributed by atoms with van der Waals surface area (Å²) in [6, 6.07) is 5.55. The minimum atomic E-state index is -1.26. The Hall–Kier alpha value is -5.34. The Morgan fingerprint density at radius 1 is 0.534 bits per heavy atom. The van der Waals surface area contributed by atoms with E-state index in [1.165, 1.54) is 5.56 Å². The predicted molar refractivity (Wildman–Crippen MR) is 269 cm³/mol. The Balaban J connectivity index is 1.98. The fourth-order valence-corrected chi connectivity index (χ4v) is 7.81. The number of carbonyl (C=O) groups excluding carboxylic acids is 4. The van der Waals surface area contributed by atoms with Gasteiger partial charge in [-0.1, -0.05) is 38.1 Å². The molecule has 1 aromatic carbocycles. The molecule has 0 aliphatic carbocycles. The number of nitrogens with zero attached hydrogens (tertiary/aromatic N) is 4. The largest absolute Gasteiger partial charge is 0.480 e. The molecule has 1 aliphatic heterocycles. The third-order valence-electron chi connectivity index (χ3n) is 11.6. The number of ether oxygens (including phenoxy) is 3. The lowest BCUT2D eigenvalue weighted by Gasteiger charge is -2.32. The van der Waals surface area contributed by atoms with Crippen LogP contribution in [0.5, 0.6) is 0 Å². The van der Waals surface area contributed by atoms with E-state index in [9.17, 15) is 58.8 Å². The number of carboxylic acid groups (broad SMARTS) is 4. The summed E-state index contributed by atoms with van der Waals surface area (Å²) in [6.45, 7) is 7.92. The molecule has 1 heterocycles. The minimum absolute atomic E-state index is 0.0374. The molecular formula is C49H83N9O15. The van der Waals surface area contributed by atoms with Crippen LogP contribution in [0.2, 0.25) is 0 Å². The van der Waals surface area contributed by atoms with E-state index in [0.29, 0.717) is 64.5 Å². The van der Waals surface area contributed by atoms with Crippen LogP contribution in [0.3, 0.4) is 0 Å². The molecule has 0 bridgehead atoms. The summed E-state index contributed by atoms with van der Waals surface area (Å²) in [7, 11) is 0. The van der Waals surface area contributed by atoms with Gasteiger partial charge < -0.3 is 61.6 Å². The molecule has 4 amide bonds. The summed E-state index contributed by atoms with van der Waals surface area (Å²) >= 11 is 0. The number of aliphatic carboxylic acids is 4. The van der Waals surface area contributed by atoms with Crippen LogP contribution in [0, 0.1) is 5.92 Å². The van der Waals surface area contributed by atoms with Gasteiger partial charge in [0.15, 0.2) is 0 Å². The van der Waals surface area contributed by atoms with Crippen molar-refractivity contribution in [2.24, 2.45) is 11.7 Å². The Labute approximate surface area is 429 Å². The lowest BCUT2D eigenvalue weighted by molar-refractivity contribution is -0.142. The summed E-state index contributed by atoms with van der Waals surface area (Å²) in [5.41, 5.74) is 7.48. The normalized spacial score (nSPS) is 15.3. The van der Waals surface area contributed by atoms with E-state index in [0.717, 1.165) is 12.0 Å². The smallest absolute Gasteiger partial charge is 0.326 e. The zero-order chi connectivity index (χ0) is 53.8. The van der Waals surface area contributed by atoms with E-state index in [2.05, 4.69) is 35.1 Å². The third kappa shape index (κ3) is 32.5. The van der Waals surface area contributed by atoms with E-state index in [1.807, 2.05) is 24.3 Å². The summed E-state index contributed by atoms with van der Waals surface area (Å²) < 4.78 is 16.2. The van der Waals surface area contributed by atoms with Crippen molar-refractivity contribution in [3.8, 4) is 0 Å². The molecule has 0 radical (unpaired) electrons. The molecule has 2 unspecified atom stereocenters. The molecule has 1 aromatic rings. The lowest BCUT2D eigenvalue weighted by atomic mass is 10.0. The number of rotatable bonds is 37. The molecule has 2 rings (SSSR count). The van der Waals surface area contributed by atoms with Crippen LogP contribution >= 0.6 is 0 Å². The number of nitrogens with two attached hydrogens (primary N) is 1. The highest BCUT2D eigenvalue weighted by Gasteiger charge is 2.27. The fourth-order valence-electron chi connectivity index (χ4n) is 7.81. The van der Waals surface area contributed by atoms with Gasteiger partial charge in [0, 0.05) is 78.4 Å². The molecule has 1 aliphatic rings. The van der Waals surface area contributed by atoms with E-state index in [1.54, 1.807) is 19.6 Å². The number of hydrogen-bond donors (Lipinski definition) is 9. The molecule has 1 saturated heterocycles. The van der Waals surface area contributed by atoms with Gasteiger partial charge in [-0.2, -0.15) is 0 Å². The maximum absolute atomic E-state index is 13.6. The van der Waals surface area contributed by atoms with E-state index < -0.39 is 47.8 Å². The van der Waals surface area contributed by atoms with Crippen LogP contribution < -0.4 is 27.0 Å². The highest BCUT2D eigenvalue weighted by molar-refractivity contribution is 5.90. The first-order valence-electron chi connectivity index (χ1n) is 25.4. The zero-order valence-corrected chi connectivity index (χ0v) is 42.9. The molecule has 24 heteroatoms. The maximum atomic E-state index is 13.6. The van der Waals surface area contributed by atoms with Crippen molar-refractivity contribution in [1.29, 1.82) is 0 Å². The van der Waals surface area contributed by atoms with Gasteiger partial charge in [0.05, 0.1) is 72.2 Å². The monoisotopic (exact) mass is 1040 g/mol. The molecule has 0 saturated carbocycles. The van der Waals surface area contributed by atoms with E-state index in [-0.39, 0.29) is 142 Å². The Kier molecular flexibility index (Phi) is 33.4. The Morgan fingerprint density at radius 2 is 0.959 bits per heavy atom. The third-order valence-corrected chi connectivity index (χ3v) is 11.6. The number of benzene rings is 1. The zero-order valence-electron chi connectivity index (χ0n) is 42.9. The molecule has 0 spiro atoms. The molecular weight excluding hydrogens is 955 g/mol. The maximum Gasteiger partial charge on any atom is 0.326 e. The van der Waals surface area contributed by atoms with Crippen molar-refractivity contribution in [2.75, 3.05) is 138 Å². The fraction of sp³-hybridized carbons (Fsp3) is 0.714. The van der Waals surface area contributed by atoms with E-state index >= 15 is 0 Å². The van der Waals surface area contributed by atoms with Crippen molar-refractivity contribution in [2.45, 2.75) is 83.7 Å². The van der Waals surface area contributed by atoms with Crippen molar-refractivity contribution in [1.82, 2.24) is 40.9 Å². The number of carbonyl (C=O) groups is 8.